The summed E-state index contributed by atoms with van der Waals surface area (Å²) in [5.41, 5.74) is 0.464. The number of carbonyl (C=O) groups is 1. The molecule has 2 aromatic heterocycles. The van der Waals surface area contributed by atoms with Crippen LogP contribution in [0.5, 0.6) is 0 Å². The molecule has 1 aliphatic rings. The number of benzene rings is 1. The number of hydrogen-bond donors (Lipinski definition) is 3. The topological polar surface area (TPSA) is 95.3 Å². The highest BCUT2D eigenvalue weighted by molar-refractivity contribution is 5.91. The molecule has 8 nitrogen and oxygen atoms in total. The Morgan fingerprint density at radius 2 is 1.76 bits per heavy atom. The van der Waals surface area contributed by atoms with Crippen molar-refractivity contribution in [1.82, 2.24) is 15.3 Å². The lowest BCUT2D eigenvalue weighted by Crippen LogP contribution is -2.42. The fraction of sp³-hybridized carbons (Fsp3) is 0.435. The van der Waals surface area contributed by atoms with Gasteiger partial charge in [0.2, 0.25) is 11.7 Å². The lowest BCUT2D eigenvalue weighted by atomic mass is 9.91. The minimum atomic E-state index is -4.68. The van der Waals surface area contributed by atoms with Crippen LogP contribution in [0.1, 0.15) is 37.2 Å². The quantitative estimate of drug-likeness (QED) is 0.471. The molecule has 3 N–H and O–H groups in total. The Hall–Kier alpha value is -3.50. The monoisotopic (exact) mass is 476 g/mol. The maximum absolute atomic E-state index is 13.1. The minimum Gasteiger partial charge on any atom is -0.455 e. The van der Waals surface area contributed by atoms with Crippen molar-refractivity contribution in [3.8, 4) is 0 Å². The fourth-order valence-corrected chi connectivity index (χ4v) is 4.19. The number of urea groups is 1. The van der Waals surface area contributed by atoms with Crippen molar-refractivity contribution in [2.24, 2.45) is 0 Å². The van der Waals surface area contributed by atoms with Crippen LogP contribution in [0.15, 0.2) is 34.7 Å². The number of amides is 2. The molecule has 2 heterocycles. The maximum atomic E-state index is 13.1. The number of nitrogens with zero attached hydrogens (tertiary/aromatic N) is 3. The zero-order valence-corrected chi connectivity index (χ0v) is 19.2. The Morgan fingerprint density at radius 1 is 1.09 bits per heavy atom. The first-order chi connectivity index (χ1) is 16.1. The zero-order chi connectivity index (χ0) is 24.5. The second kappa shape index (κ2) is 9.40. The predicted molar refractivity (Wildman–Crippen MR) is 124 cm³/mol. The Labute approximate surface area is 194 Å². The van der Waals surface area contributed by atoms with Crippen molar-refractivity contribution in [2.45, 2.75) is 50.9 Å². The SMILES string of the molecule is Cc1cc(NC(=O)N[C@H]2CC[C@@H](Nc3nc(N(C)C)c4ccccc4n3)CC2)c(C(F)(F)F)o1. The molecule has 3 aromatic rings. The fourth-order valence-electron chi connectivity index (χ4n) is 4.19. The first-order valence-corrected chi connectivity index (χ1v) is 11.1. The van der Waals surface area contributed by atoms with E-state index >= 15 is 0 Å². The van der Waals surface area contributed by atoms with Crippen LogP contribution in [0.3, 0.4) is 0 Å². The van der Waals surface area contributed by atoms with Crippen molar-refractivity contribution in [1.29, 1.82) is 0 Å². The van der Waals surface area contributed by atoms with Crippen molar-refractivity contribution in [3.63, 3.8) is 0 Å². The number of carbonyl (C=O) groups excluding carboxylic acids is 1. The summed E-state index contributed by atoms with van der Waals surface area (Å²) in [7, 11) is 3.87. The van der Waals surface area contributed by atoms with Crippen LogP contribution in [0, 0.1) is 6.92 Å². The van der Waals surface area contributed by atoms with Crippen molar-refractivity contribution < 1.29 is 22.4 Å². The molecule has 4 rings (SSSR count). The van der Waals surface area contributed by atoms with E-state index in [2.05, 4.69) is 25.9 Å². The highest BCUT2D eigenvalue weighted by Gasteiger charge is 2.39. The van der Waals surface area contributed by atoms with Gasteiger partial charge in [-0.2, -0.15) is 18.2 Å². The Balaban J connectivity index is 1.33. The lowest BCUT2D eigenvalue weighted by Gasteiger charge is -2.30. The molecule has 1 aromatic carbocycles. The maximum Gasteiger partial charge on any atom is 0.451 e. The van der Waals surface area contributed by atoms with Crippen LogP contribution < -0.4 is 20.9 Å². The van der Waals surface area contributed by atoms with Gasteiger partial charge in [0.05, 0.1) is 11.2 Å². The van der Waals surface area contributed by atoms with E-state index in [-0.39, 0.29) is 23.5 Å². The van der Waals surface area contributed by atoms with Crippen LogP contribution >= 0.6 is 0 Å². The number of para-hydroxylation sites is 1. The number of furan rings is 1. The van der Waals surface area contributed by atoms with Crippen LogP contribution in [0.25, 0.3) is 10.9 Å². The van der Waals surface area contributed by atoms with E-state index in [1.54, 1.807) is 0 Å². The molecule has 2 amide bonds. The van der Waals surface area contributed by atoms with E-state index in [1.807, 2.05) is 43.3 Å². The van der Waals surface area contributed by atoms with Gasteiger partial charge in [0.1, 0.15) is 11.6 Å². The predicted octanol–water partition coefficient (Wildman–Crippen LogP) is 5.16. The molecule has 11 heteroatoms. The van der Waals surface area contributed by atoms with Gasteiger partial charge in [-0.05, 0) is 44.7 Å². The van der Waals surface area contributed by atoms with Gasteiger partial charge in [0, 0.05) is 37.6 Å². The second-order valence-corrected chi connectivity index (χ2v) is 8.67. The number of anilines is 3. The molecule has 1 aliphatic carbocycles. The summed E-state index contributed by atoms with van der Waals surface area (Å²) in [5, 5.41) is 9.39. The number of rotatable bonds is 5. The molecule has 0 unspecified atom stereocenters. The van der Waals surface area contributed by atoms with Gasteiger partial charge in [-0.1, -0.05) is 12.1 Å². The van der Waals surface area contributed by atoms with Gasteiger partial charge in [-0.15, -0.1) is 0 Å². The highest BCUT2D eigenvalue weighted by Crippen LogP contribution is 2.37. The van der Waals surface area contributed by atoms with Gasteiger partial charge in [-0.25, -0.2) is 9.78 Å². The molecule has 0 saturated heterocycles. The molecule has 1 saturated carbocycles. The number of halogens is 3. The molecule has 0 spiro atoms. The zero-order valence-electron chi connectivity index (χ0n) is 19.2. The summed E-state index contributed by atoms with van der Waals surface area (Å²) in [6.45, 7) is 1.40. The van der Waals surface area contributed by atoms with E-state index in [4.69, 9.17) is 4.42 Å². The van der Waals surface area contributed by atoms with Crippen molar-refractivity contribution in [3.05, 3.63) is 41.9 Å². The van der Waals surface area contributed by atoms with E-state index in [0.29, 0.717) is 18.8 Å². The van der Waals surface area contributed by atoms with Crippen LogP contribution in [0.2, 0.25) is 0 Å². The summed E-state index contributed by atoms with van der Waals surface area (Å²) in [6.07, 6.45) is -1.81. The van der Waals surface area contributed by atoms with Crippen LogP contribution in [-0.2, 0) is 6.18 Å². The molecule has 182 valence electrons. The smallest absolute Gasteiger partial charge is 0.451 e. The van der Waals surface area contributed by atoms with Crippen molar-refractivity contribution in [2.75, 3.05) is 29.6 Å². The molecular weight excluding hydrogens is 449 g/mol. The van der Waals surface area contributed by atoms with Crippen LogP contribution in [0.4, 0.5) is 35.4 Å². The number of fused-ring (bicyclic) bond motifs is 1. The number of nitrogens with one attached hydrogen (secondary N) is 3. The molecular formula is C23H27F3N6O2. The van der Waals surface area contributed by atoms with E-state index in [9.17, 15) is 18.0 Å². The molecule has 0 bridgehead atoms. The third-order valence-electron chi connectivity index (χ3n) is 5.76. The van der Waals surface area contributed by atoms with Gasteiger partial charge in [-0.3, -0.25) is 0 Å². The Morgan fingerprint density at radius 3 is 2.44 bits per heavy atom. The lowest BCUT2D eigenvalue weighted by molar-refractivity contribution is -0.152. The average molecular weight is 477 g/mol. The van der Waals surface area contributed by atoms with E-state index in [0.717, 1.165) is 35.6 Å². The Bertz CT molecular complexity index is 1170. The Kier molecular flexibility index (Phi) is 6.54. The summed E-state index contributed by atoms with van der Waals surface area (Å²) < 4.78 is 43.9. The normalized spacial score (nSPS) is 18.5. The molecule has 0 aliphatic heterocycles. The van der Waals surface area contributed by atoms with Crippen LogP contribution in [-0.4, -0.2) is 42.2 Å². The van der Waals surface area contributed by atoms with Gasteiger partial charge < -0.3 is 25.3 Å². The standard InChI is InChI=1S/C23H27F3N6O2/c1-13-12-18(19(34-13)23(24,25)26)30-22(33)28-15-10-8-14(9-11-15)27-21-29-17-7-5-4-6-16(17)20(31-21)32(2)3/h4-7,12,14-15H,8-11H2,1-3H3,(H,27,29,31)(H2,28,30,33)/t14-,15+. The van der Waals surface area contributed by atoms with E-state index in [1.165, 1.54) is 6.92 Å². The minimum absolute atomic E-state index is 0.0718. The first kappa shape index (κ1) is 23.7. The summed E-state index contributed by atoms with van der Waals surface area (Å²) in [5.74, 6) is 0.238. The van der Waals surface area contributed by atoms with E-state index < -0.39 is 18.0 Å². The summed E-state index contributed by atoms with van der Waals surface area (Å²) >= 11 is 0. The third-order valence-corrected chi connectivity index (χ3v) is 5.76. The summed E-state index contributed by atoms with van der Waals surface area (Å²) in [6, 6.07) is 8.28. The number of aromatic nitrogens is 2. The highest BCUT2D eigenvalue weighted by atomic mass is 19.4. The van der Waals surface area contributed by atoms with Crippen molar-refractivity contribution >= 4 is 34.4 Å². The number of hydrogen-bond acceptors (Lipinski definition) is 6. The average Bonchev–Trinajstić information content (AvgIpc) is 3.15. The van der Waals surface area contributed by atoms with Gasteiger partial charge in [0.15, 0.2) is 0 Å². The molecule has 1 fully saturated rings. The third kappa shape index (κ3) is 5.35. The van der Waals surface area contributed by atoms with Gasteiger partial charge in [0.25, 0.3) is 0 Å². The largest absolute Gasteiger partial charge is 0.455 e. The molecule has 0 radical (unpaired) electrons. The van der Waals surface area contributed by atoms with Gasteiger partial charge >= 0.3 is 12.2 Å². The number of aryl methyl sites for hydroxylation is 1. The second-order valence-electron chi connectivity index (χ2n) is 8.67. The molecule has 34 heavy (non-hydrogen) atoms. The molecule has 0 atom stereocenters. The number of alkyl halides is 3. The summed E-state index contributed by atoms with van der Waals surface area (Å²) in [4.78, 5) is 23.5. The first-order valence-electron chi connectivity index (χ1n) is 11.1.